The summed E-state index contributed by atoms with van der Waals surface area (Å²) < 4.78 is 1.91. The molecule has 0 atom stereocenters. The Morgan fingerprint density at radius 1 is 1.13 bits per heavy atom. The van der Waals surface area contributed by atoms with Gasteiger partial charge in [-0.25, -0.2) is 4.98 Å². The van der Waals surface area contributed by atoms with Crippen molar-refractivity contribution in [1.29, 1.82) is 0 Å². The molecule has 0 bridgehead atoms. The SMILES string of the molecule is c1cn2cnnc2c(N2CCCCC2)n1. The van der Waals surface area contributed by atoms with Gasteiger partial charge in [-0.2, -0.15) is 0 Å². The third kappa shape index (κ3) is 1.44. The van der Waals surface area contributed by atoms with E-state index in [2.05, 4.69) is 20.1 Å². The van der Waals surface area contributed by atoms with Crippen molar-refractivity contribution < 1.29 is 0 Å². The van der Waals surface area contributed by atoms with Gasteiger partial charge in [-0.3, -0.25) is 4.40 Å². The maximum absolute atomic E-state index is 4.41. The van der Waals surface area contributed by atoms with Gasteiger partial charge in [0, 0.05) is 25.5 Å². The predicted octanol–water partition coefficient (Wildman–Crippen LogP) is 1.11. The van der Waals surface area contributed by atoms with Crippen LogP contribution in [0.3, 0.4) is 0 Å². The highest BCUT2D eigenvalue weighted by Crippen LogP contribution is 2.20. The van der Waals surface area contributed by atoms with Gasteiger partial charge in [0.2, 0.25) is 5.65 Å². The summed E-state index contributed by atoms with van der Waals surface area (Å²) in [5.74, 6) is 0.967. The van der Waals surface area contributed by atoms with E-state index in [1.165, 1.54) is 19.3 Å². The van der Waals surface area contributed by atoms with E-state index in [-0.39, 0.29) is 0 Å². The average Bonchev–Trinajstić information content (AvgIpc) is 2.78. The molecule has 0 aliphatic carbocycles. The molecule has 0 N–H and O–H groups in total. The highest BCUT2D eigenvalue weighted by molar-refractivity contribution is 5.63. The van der Waals surface area contributed by atoms with E-state index in [1.807, 2.05) is 10.6 Å². The molecule has 1 aliphatic heterocycles. The van der Waals surface area contributed by atoms with Gasteiger partial charge in [0.15, 0.2) is 5.82 Å². The fraction of sp³-hybridized carbons (Fsp3) is 0.500. The number of fused-ring (bicyclic) bond motifs is 1. The Bertz CT molecular complexity index is 458. The lowest BCUT2D eigenvalue weighted by molar-refractivity contribution is 0.573. The van der Waals surface area contributed by atoms with Crippen molar-refractivity contribution in [2.75, 3.05) is 18.0 Å². The Morgan fingerprint density at radius 3 is 2.87 bits per heavy atom. The molecule has 5 nitrogen and oxygen atoms in total. The van der Waals surface area contributed by atoms with Crippen LogP contribution in [0.5, 0.6) is 0 Å². The van der Waals surface area contributed by atoms with Gasteiger partial charge in [-0.1, -0.05) is 0 Å². The van der Waals surface area contributed by atoms with Crippen LogP contribution in [0.4, 0.5) is 5.82 Å². The molecule has 5 heteroatoms. The number of rotatable bonds is 1. The van der Waals surface area contributed by atoms with Gasteiger partial charge >= 0.3 is 0 Å². The smallest absolute Gasteiger partial charge is 0.203 e. The van der Waals surface area contributed by atoms with E-state index in [4.69, 9.17) is 0 Å². The van der Waals surface area contributed by atoms with Gasteiger partial charge in [-0.05, 0) is 19.3 Å². The first-order chi connectivity index (χ1) is 7.45. The zero-order chi connectivity index (χ0) is 10.1. The fourth-order valence-electron chi connectivity index (χ4n) is 2.07. The summed E-state index contributed by atoms with van der Waals surface area (Å²) in [6.07, 6.45) is 9.22. The molecule has 15 heavy (non-hydrogen) atoms. The minimum atomic E-state index is 0.861. The van der Waals surface area contributed by atoms with Crippen molar-refractivity contribution in [2.24, 2.45) is 0 Å². The van der Waals surface area contributed by atoms with Gasteiger partial charge in [0.05, 0.1) is 0 Å². The third-order valence-electron chi connectivity index (χ3n) is 2.85. The number of hydrogen-bond acceptors (Lipinski definition) is 4. The zero-order valence-electron chi connectivity index (χ0n) is 8.50. The van der Waals surface area contributed by atoms with Crippen molar-refractivity contribution in [3.8, 4) is 0 Å². The lowest BCUT2D eigenvalue weighted by atomic mass is 10.1. The predicted molar refractivity (Wildman–Crippen MR) is 56.8 cm³/mol. The first-order valence-electron chi connectivity index (χ1n) is 5.34. The van der Waals surface area contributed by atoms with Crippen molar-refractivity contribution >= 4 is 11.5 Å². The Morgan fingerprint density at radius 2 is 2.00 bits per heavy atom. The second-order valence-corrected chi connectivity index (χ2v) is 3.86. The molecule has 1 fully saturated rings. The molecule has 2 aromatic heterocycles. The van der Waals surface area contributed by atoms with E-state index < -0.39 is 0 Å². The van der Waals surface area contributed by atoms with Crippen molar-refractivity contribution in [2.45, 2.75) is 19.3 Å². The minimum Gasteiger partial charge on any atom is -0.353 e. The Hall–Kier alpha value is -1.65. The summed E-state index contributed by atoms with van der Waals surface area (Å²) in [7, 11) is 0. The second-order valence-electron chi connectivity index (χ2n) is 3.86. The van der Waals surface area contributed by atoms with E-state index in [1.54, 1.807) is 12.5 Å². The molecule has 3 rings (SSSR count). The van der Waals surface area contributed by atoms with Crippen LogP contribution in [0, 0.1) is 0 Å². The molecule has 0 amide bonds. The van der Waals surface area contributed by atoms with E-state index >= 15 is 0 Å². The summed E-state index contributed by atoms with van der Waals surface area (Å²) in [4.78, 5) is 6.70. The number of piperidine rings is 1. The van der Waals surface area contributed by atoms with Crippen LogP contribution in [0.2, 0.25) is 0 Å². The molecule has 78 valence electrons. The Balaban J connectivity index is 2.05. The van der Waals surface area contributed by atoms with E-state index in [9.17, 15) is 0 Å². The van der Waals surface area contributed by atoms with Crippen LogP contribution < -0.4 is 4.90 Å². The van der Waals surface area contributed by atoms with Gasteiger partial charge in [0.25, 0.3) is 0 Å². The fourth-order valence-corrected chi connectivity index (χ4v) is 2.07. The standard InChI is InChI=1S/C10H13N5/c1-2-5-14(6-3-1)9-10-13-12-8-15(10)7-4-11-9/h4,7-8H,1-3,5-6H2. The van der Waals surface area contributed by atoms with Gasteiger partial charge in [0.1, 0.15) is 6.33 Å². The first kappa shape index (κ1) is 8.64. The Kier molecular flexibility index (Phi) is 2.01. The van der Waals surface area contributed by atoms with Crippen LogP contribution >= 0.6 is 0 Å². The molecule has 0 spiro atoms. The van der Waals surface area contributed by atoms with Crippen molar-refractivity contribution in [3.05, 3.63) is 18.7 Å². The Labute approximate surface area is 87.8 Å². The van der Waals surface area contributed by atoms with Crippen LogP contribution in [0.25, 0.3) is 5.65 Å². The summed E-state index contributed by atoms with van der Waals surface area (Å²) >= 11 is 0. The molecular formula is C10H13N5. The maximum atomic E-state index is 4.41. The molecular weight excluding hydrogens is 190 g/mol. The minimum absolute atomic E-state index is 0.861. The zero-order valence-corrected chi connectivity index (χ0v) is 8.50. The van der Waals surface area contributed by atoms with Crippen LogP contribution in [-0.4, -0.2) is 32.7 Å². The molecule has 2 aromatic rings. The van der Waals surface area contributed by atoms with Gasteiger partial charge < -0.3 is 4.90 Å². The third-order valence-corrected chi connectivity index (χ3v) is 2.85. The number of hydrogen-bond donors (Lipinski definition) is 0. The molecule has 3 heterocycles. The summed E-state index contributed by atoms with van der Waals surface area (Å²) in [5, 5.41) is 8.01. The lowest BCUT2D eigenvalue weighted by Gasteiger charge is -2.27. The average molecular weight is 203 g/mol. The summed E-state index contributed by atoms with van der Waals surface area (Å²) in [5.41, 5.74) is 0.861. The number of aromatic nitrogens is 4. The summed E-state index contributed by atoms with van der Waals surface area (Å²) in [6.45, 7) is 2.17. The van der Waals surface area contributed by atoms with Crippen molar-refractivity contribution in [1.82, 2.24) is 19.6 Å². The maximum Gasteiger partial charge on any atom is 0.203 e. The molecule has 0 radical (unpaired) electrons. The second kappa shape index (κ2) is 3.49. The largest absolute Gasteiger partial charge is 0.353 e. The molecule has 0 unspecified atom stereocenters. The van der Waals surface area contributed by atoms with Crippen LogP contribution in [-0.2, 0) is 0 Å². The number of anilines is 1. The highest BCUT2D eigenvalue weighted by atomic mass is 15.3. The molecule has 1 saturated heterocycles. The quantitative estimate of drug-likeness (QED) is 0.696. The molecule has 0 saturated carbocycles. The van der Waals surface area contributed by atoms with E-state index in [0.29, 0.717) is 0 Å². The van der Waals surface area contributed by atoms with Crippen LogP contribution in [0.15, 0.2) is 18.7 Å². The van der Waals surface area contributed by atoms with E-state index in [0.717, 1.165) is 24.6 Å². The molecule has 0 aromatic carbocycles. The van der Waals surface area contributed by atoms with Gasteiger partial charge in [-0.15, -0.1) is 10.2 Å². The summed E-state index contributed by atoms with van der Waals surface area (Å²) in [6, 6.07) is 0. The topological polar surface area (TPSA) is 46.3 Å². The first-order valence-corrected chi connectivity index (χ1v) is 5.34. The number of nitrogens with zero attached hydrogens (tertiary/aromatic N) is 5. The van der Waals surface area contributed by atoms with Crippen molar-refractivity contribution in [3.63, 3.8) is 0 Å². The normalized spacial score (nSPS) is 17.2. The van der Waals surface area contributed by atoms with Crippen LogP contribution in [0.1, 0.15) is 19.3 Å². The monoisotopic (exact) mass is 203 g/mol. The lowest BCUT2D eigenvalue weighted by Crippen LogP contribution is -2.30. The molecule has 1 aliphatic rings. The highest BCUT2D eigenvalue weighted by Gasteiger charge is 2.15.